The minimum absolute atomic E-state index is 0.210. The Labute approximate surface area is 97.0 Å². The monoisotopic (exact) mass is 224 g/mol. The van der Waals surface area contributed by atoms with Crippen LogP contribution in [0.3, 0.4) is 0 Å². The molecule has 3 N–H and O–H groups in total. The third kappa shape index (κ3) is 3.81. The molecule has 0 saturated heterocycles. The highest BCUT2D eigenvalue weighted by molar-refractivity contribution is 5.44. The van der Waals surface area contributed by atoms with E-state index in [0.29, 0.717) is 12.5 Å². The van der Waals surface area contributed by atoms with Crippen LogP contribution in [-0.2, 0) is 0 Å². The van der Waals surface area contributed by atoms with Crippen molar-refractivity contribution in [3.8, 4) is 0 Å². The van der Waals surface area contributed by atoms with Gasteiger partial charge in [0.05, 0.1) is 0 Å². The van der Waals surface area contributed by atoms with Crippen LogP contribution in [0, 0.1) is 11.7 Å². The maximum absolute atomic E-state index is 13.0. The number of benzene rings is 1. The van der Waals surface area contributed by atoms with Crippen molar-refractivity contribution in [1.29, 1.82) is 0 Å². The largest absolute Gasteiger partial charge is 0.381 e. The van der Waals surface area contributed by atoms with Gasteiger partial charge in [0.1, 0.15) is 5.82 Å². The van der Waals surface area contributed by atoms with E-state index in [1.54, 1.807) is 6.07 Å². The van der Waals surface area contributed by atoms with E-state index in [1.807, 2.05) is 6.07 Å². The fourth-order valence-corrected chi connectivity index (χ4v) is 1.88. The molecule has 0 amide bonds. The average molecular weight is 224 g/mol. The van der Waals surface area contributed by atoms with E-state index >= 15 is 0 Å². The fourth-order valence-electron chi connectivity index (χ4n) is 1.88. The second-order valence-corrected chi connectivity index (χ2v) is 4.26. The number of halogens is 1. The van der Waals surface area contributed by atoms with E-state index in [9.17, 15) is 4.39 Å². The van der Waals surface area contributed by atoms with Gasteiger partial charge >= 0.3 is 0 Å². The smallest absolute Gasteiger partial charge is 0.125 e. The van der Waals surface area contributed by atoms with Gasteiger partial charge in [-0.15, -0.1) is 0 Å². The highest BCUT2D eigenvalue weighted by atomic mass is 19.1. The highest BCUT2D eigenvalue weighted by Gasteiger charge is 2.14. The highest BCUT2D eigenvalue weighted by Crippen LogP contribution is 2.16. The Kier molecular flexibility index (Phi) is 5.26. The van der Waals surface area contributed by atoms with Gasteiger partial charge in [0.15, 0.2) is 0 Å². The summed E-state index contributed by atoms with van der Waals surface area (Å²) in [6.07, 6.45) is 2.27. The summed E-state index contributed by atoms with van der Waals surface area (Å²) >= 11 is 0. The molecule has 0 aliphatic carbocycles. The predicted octanol–water partition coefficient (Wildman–Crippen LogP) is 3.00. The summed E-state index contributed by atoms with van der Waals surface area (Å²) in [6.45, 7) is 4.90. The first kappa shape index (κ1) is 13.0. The minimum Gasteiger partial charge on any atom is -0.381 e. The van der Waals surface area contributed by atoms with E-state index in [-0.39, 0.29) is 11.9 Å². The van der Waals surface area contributed by atoms with Gasteiger partial charge in [-0.2, -0.15) is 0 Å². The molecule has 2 unspecified atom stereocenters. The normalized spacial score (nSPS) is 14.5. The van der Waals surface area contributed by atoms with Crippen LogP contribution in [0.15, 0.2) is 24.3 Å². The van der Waals surface area contributed by atoms with Crippen molar-refractivity contribution in [2.45, 2.75) is 32.7 Å². The standard InChI is InChI=1S/C13H21FN2/c1-3-5-10(2)13(9-15)16-12-7-4-6-11(14)8-12/h4,6-8,10,13,16H,3,5,9,15H2,1-2H3. The summed E-state index contributed by atoms with van der Waals surface area (Å²) in [6, 6.07) is 6.72. The van der Waals surface area contributed by atoms with Gasteiger partial charge < -0.3 is 11.1 Å². The topological polar surface area (TPSA) is 38.0 Å². The Bertz CT molecular complexity index is 315. The van der Waals surface area contributed by atoms with E-state index in [2.05, 4.69) is 19.2 Å². The Morgan fingerprint density at radius 1 is 1.44 bits per heavy atom. The van der Waals surface area contributed by atoms with E-state index in [1.165, 1.54) is 12.1 Å². The summed E-state index contributed by atoms with van der Waals surface area (Å²) in [5, 5.41) is 3.29. The van der Waals surface area contributed by atoms with E-state index in [0.717, 1.165) is 18.5 Å². The van der Waals surface area contributed by atoms with Crippen molar-refractivity contribution in [2.75, 3.05) is 11.9 Å². The first-order valence-electron chi connectivity index (χ1n) is 5.89. The zero-order valence-electron chi connectivity index (χ0n) is 10.0. The van der Waals surface area contributed by atoms with Gasteiger partial charge in [-0.25, -0.2) is 4.39 Å². The van der Waals surface area contributed by atoms with Crippen LogP contribution in [0.5, 0.6) is 0 Å². The molecule has 1 aromatic carbocycles. The number of nitrogens with one attached hydrogen (secondary N) is 1. The zero-order valence-corrected chi connectivity index (χ0v) is 10.0. The van der Waals surface area contributed by atoms with Gasteiger partial charge in [-0.05, 0) is 30.5 Å². The molecule has 0 fully saturated rings. The van der Waals surface area contributed by atoms with Crippen LogP contribution in [0.1, 0.15) is 26.7 Å². The Morgan fingerprint density at radius 3 is 2.75 bits per heavy atom. The molecular weight excluding hydrogens is 203 g/mol. The molecule has 0 radical (unpaired) electrons. The van der Waals surface area contributed by atoms with E-state index < -0.39 is 0 Å². The minimum atomic E-state index is -0.219. The lowest BCUT2D eigenvalue weighted by Crippen LogP contribution is -2.35. The van der Waals surface area contributed by atoms with Crippen molar-refractivity contribution in [3.63, 3.8) is 0 Å². The molecule has 90 valence electrons. The molecule has 3 heteroatoms. The van der Waals surface area contributed by atoms with Crippen molar-refractivity contribution < 1.29 is 4.39 Å². The molecule has 1 rings (SSSR count). The van der Waals surface area contributed by atoms with E-state index in [4.69, 9.17) is 5.73 Å². The van der Waals surface area contributed by atoms with Crippen LogP contribution < -0.4 is 11.1 Å². The lowest BCUT2D eigenvalue weighted by atomic mass is 9.96. The average Bonchev–Trinajstić information content (AvgIpc) is 2.26. The third-order valence-corrected chi connectivity index (χ3v) is 2.86. The lowest BCUT2D eigenvalue weighted by molar-refractivity contribution is 0.450. The molecule has 2 nitrogen and oxygen atoms in total. The molecule has 0 aromatic heterocycles. The first-order valence-corrected chi connectivity index (χ1v) is 5.89. The number of rotatable bonds is 6. The van der Waals surface area contributed by atoms with Gasteiger partial charge in [-0.1, -0.05) is 26.3 Å². The van der Waals surface area contributed by atoms with Crippen molar-refractivity contribution in [1.82, 2.24) is 0 Å². The molecule has 0 saturated carbocycles. The molecule has 0 aliphatic heterocycles. The molecule has 0 spiro atoms. The van der Waals surface area contributed by atoms with Gasteiger partial charge in [-0.3, -0.25) is 0 Å². The number of hydrogen-bond donors (Lipinski definition) is 2. The molecule has 0 aliphatic rings. The van der Waals surface area contributed by atoms with Gasteiger partial charge in [0, 0.05) is 18.3 Å². The summed E-state index contributed by atoms with van der Waals surface area (Å²) in [5.74, 6) is 0.280. The quantitative estimate of drug-likeness (QED) is 0.779. The van der Waals surface area contributed by atoms with Crippen LogP contribution in [0.4, 0.5) is 10.1 Å². The second-order valence-electron chi connectivity index (χ2n) is 4.26. The van der Waals surface area contributed by atoms with Crippen molar-refractivity contribution in [2.24, 2.45) is 11.7 Å². The molecular formula is C13H21FN2. The summed E-state index contributed by atoms with van der Waals surface area (Å²) < 4.78 is 13.0. The SMILES string of the molecule is CCCC(C)C(CN)Nc1cccc(F)c1. The lowest BCUT2D eigenvalue weighted by Gasteiger charge is -2.24. The molecule has 16 heavy (non-hydrogen) atoms. The number of anilines is 1. The van der Waals surface area contributed by atoms with Gasteiger partial charge in [0.25, 0.3) is 0 Å². The molecule has 2 atom stereocenters. The molecule has 0 heterocycles. The van der Waals surface area contributed by atoms with Crippen molar-refractivity contribution >= 4 is 5.69 Å². The summed E-state index contributed by atoms with van der Waals surface area (Å²) in [5.41, 5.74) is 6.54. The molecule has 0 bridgehead atoms. The van der Waals surface area contributed by atoms with Crippen LogP contribution in [0.2, 0.25) is 0 Å². The summed E-state index contributed by atoms with van der Waals surface area (Å²) in [7, 11) is 0. The second kappa shape index (κ2) is 6.48. The zero-order chi connectivity index (χ0) is 12.0. The maximum Gasteiger partial charge on any atom is 0.125 e. The van der Waals surface area contributed by atoms with Crippen LogP contribution in [-0.4, -0.2) is 12.6 Å². The Balaban J connectivity index is 2.62. The maximum atomic E-state index is 13.0. The summed E-state index contributed by atoms with van der Waals surface area (Å²) in [4.78, 5) is 0. The first-order chi connectivity index (χ1) is 7.67. The van der Waals surface area contributed by atoms with Crippen LogP contribution >= 0.6 is 0 Å². The number of hydrogen-bond acceptors (Lipinski definition) is 2. The van der Waals surface area contributed by atoms with Crippen molar-refractivity contribution in [3.05, 3.63) is 30.1 Å². The fraction of sp³-hybridized carbons (Fsp3) is 0.538. The predicted molar refractivity (Wildman–Crippen MR) is 66.9 cm³/mol. The third-order valence-electron chi connectivity index (χ3n) is 2.86. The molecule has 1 aromatic rings. The van der Waals surface area contributed by atoms with Gasteiger partial charge in [0.2, 0.25) is 0 Å². The van der Waals surface area contributed by atoms with Crippen LogP contribution in [0.25, 0.3) is 0 Å². The Hall–Kier alpha value is -1.09. The number of nitrogens with two attached hydrogens (primary N) is 1. The Morgan fingerprint density at radius 2 is 2.19 bits per heavy atom.